The summed E-state index contributed by atoms with van der Waals surface area (Å²) < 4.78 is 5.52. The van der Waals surface area contributed by atoms with Crippen molar-refractivity contribution in [2.75, 3.05) is 26.3 Å². The zero-order chi connectivity index (χ0) is 18.2. The van der Waals surface area contributed by atoms with E-state index in [9.17, 15) is 0 Å². The molecular formula is C20H30N4OS. The van der Waals surface area contributed by atoms with Gasteiger partial charge in [0.25, 0.3) is 0 Å². The lowest BCUT2D eigenvalue weighted by atomic mass is 9.96. The topological polar surface area (TPSA) is 48.9 Å². The molecule has 1 aromatic carbocycles. The van der Waals surface area contributed by atoms with Gasteiger partial charge in [-0.2, -0.15) is 5.10 Å². The second-order valence-electron chi connectivity index (χ2n) is 7.13. The van der Waals surface area contributed by atoms with Gasteiger partial charge in [0, 0.05) is 19.1 Å². The van der Waals surface area contributed by atoms with E-state index < -0.39 is 0 Å². The molecule has 1 aliphatic carbocycles. The van der Waals surface area contributed by atoms with E-state index in [1.807, 2.05) is 6.07 Å². The molecule has 0 radical (unpaired) electrons. The van der Waals surface area contributed by atoms with Gasteiger partial charge >= 0.3 is 0 Å². The van der Waals surface area contributed by atoms with Crippen LogP contribution in [0.4, 0.5) is 0 Å². The van der Waals surface area contributed by atoms with E-state index in [0.29, 0.717) is 11.2 Å². The number of hydrazone groups is 1. The molecule has 1 aliphatic heterocycles. The number of nitrogens with one attached hydrogen (secondary N) is 2. The van der Waals surface area contributed by atoms with E-state index in [1.165, 1.54) is 37.7 Å². The van der Waals surface area contributed by atoms with Crippen LogP contribution in [0.25, 0.3) is 0 Å². The maximum Gasteiger partial charge on any atom is 0.187 e. The van der Waals surface area contributed by atoms with Gasteiger partial charge < -0.3 is 10.1 Å². The van der Waals surface area contributed by atoms with E-state index >= 15 is 0 Å². The van der Waals surface area contributed by atoms with Crippen molar-refractivity contribution < 1.29 is 4.74 Å². The van der Waals surface area contributed by atoms with Gasteiger partial charge in [-0.3, -0.25) is 10.3 Å². The Bertz CT molecular complexity index is 595. The SMILES string of the molecule is C/C(=N/NC(=S)NC1CCCCC1)[C@@H](c1ccccc1)N1CCOCC1. The minimum Gasteiger partial charge on any atom is -0.379 e. The summed E-state index contributed by atoms with van der Waals surface area (Å²) >= 11 is 5.45. The van der Waals surface area contributed by atoms with Gasteiger partial charge in [0.1, 0.15) is 0 Å². The van der Waals surface area contributed by atoms with Crippen molar-refractivity contribution in [3.8, 4) is 0 Å². The summed E-state index contributed by atoms with van der Waals surface area (Å²) in [4.78, 5) is 2.43. The predicted octanol–water partition coefficient (Wildman–Crippen LogP) is 3.23. The monoisotopic (exact) mass is 374 g/mol. The van der Waals surface area contributed by atoms with Crippen molar-refractivity contribution in [3.63, 3.8) is 0 Å². The smallest absolute Gasteiger partial charge is 0.187 e. The number of benzene rings is 1. The molecular weight excluding hydrogens is 344 g/mol. The highest BCUT2D eigenvalue weighted by atomic mass is 32.1. The summed E-state index contributed by atoms with van der Waals surface area (Å²) in [6.07, 6.45) is 6.31. The molecule has 26 heavy (non-hydrogen) atoms. The summed E-state index contributed by atoms with van der Waals surface area (Å²) in [7, 11) is 0. The first-order chi connectivity index (χ1) is 12.7. The maximum atomic E-state index is 5.52. The van der Waals surface area contributed by atoms with Crippen molar-refractivity contribution in [1.29, 1.82) is 0 Å². The lowest BCUT2D eigenvalue weighted by Gasteiger charge is -2.34. The summed E-state index contributed by atoms with van der Waals surface area (Å²) in [6, 6.07) is 11.2. The molecule has 0 aromatic heterocycles. The van der Waals surface area contributed by atoms with Crippen molar-refractivity contribution in [2.45, 2.75) is 51.1 Å². The molecule has 1 heterocycles. The maximum absolute atomic E-state index is 5.52. The number of thiocarbonyl (C=S) groups is 1. The lowest BCUT2D eigenvalue weighted by molar-refractivity contribution is 0.0285. The average Bonchev–Trinajstić information content (AvgIpc) is 2.69. The second kappa shape index (κ2) is 10.00. The van der Waals surface area contributed by atoms with E-state index in [0.717, 1.165) is 32.0 Å². The molecule has 0 spiro atoms. The fraction of sp³-hybridized carbons (Fsp3) is 0.600. The number of nitrogens with zero attached hydrogens (tertiary/aromatic N) is 2. The first-order valence-electron chi connectivity index (χ1n) is 9.71. The van der Waals surface area contributed by atoms with Gasteiger partial charge in [0.15, 0.2) is 5.11 Å². The van der Waals surface area contributed by atoms with E-state index in [-0.39, 0.29) is 6.04 Å². The fourth-order valence-electron chi connectivity index (χ4n) is 3.85. The van der Waals surface area contributed by atoms with Crippen molar-refractivity contribution in [3.05, 3.63) is 35.9 Å². The number of hydrogen-bond donors (Lipinski definition) is 2. The number of ether oxygens (including phenoxy) is 1. The Balaban J connectivity index is 1.64. The first kappa shape index (κ1) is 19.3. The number of rotatable bonds is 5. The van der Waals surface area contributed by atoms with Crippen molar-refractivity contribution in [1.82, 2.24) is 15.6 Å². The van der Waals surface area contributed by atoms with Gasteiger partial charge in [-0.05, 0) is 37.5 Å². The summed E-state index contributed by atoms with van der Waals surface area (Å²) in [5, 5.41) is 8.66. The molecule has 0 unspecified atom stereocenters. The predicted molar refractivity (Wildman–Crippen MR) is 110 cm³/mol. The third kappa shape index (κ3) is 5.50. The largest absolute Gasteiger partial charge is 0.379 e. The van der Waals surface area contributed by atoms with Gasteiger partial charge in [0.05, 0.1) is 25.0 Å². The van der Waals surface area contributed by atoms with Crippen LogP contribution in [0.5, 0.6) is 0 Å². The molecule has 1 saturated carbocycles. The van der Waals surface area contributed by atoms with Crippen molar-refractivity contribution in [2.24, 2.45) is 5.10 Å². The van der Waals surface area contributed by atoms with Crippen LogP contribution in [-0.4, -0.2) is 48.1 Å². The highest BCUT2D eigenvalue weighted by Crippen LogP contribution is 2.23. The van der Waals surface area contributed by atoms with E-state index in [4.69, 9.17) is 17.0 Å². The molecule has 142 valence electrons. The molecule has 1 aromatic rings. The quantitative estimate of drug-likeness (QED) is 0.471. The third-order valence-electron chi connectivity index (χ3n) is 5.20. The van der Waals surface area contributed by atoms with Crippen LogP contribution in [0.2, 0.25) is 0 Å². The molecule has 0 bridgehead atoms. The Kier molecular flexibility index (Phi) is 7.41. The molecule has 2 N–H and O–H groups in total. The van der Waals surface area contributed by atoms with Crippen molar-refractivity contribution >= 4 is 23.0 Å². The fourth-order valence-corrected chi connectivity index (χ4v) is 4.06. The summed E-state index contributed by atoms with van der Waals surface area (Å²) in [6.45, 7) is 5.44. The summed E-state index contributed by atoms with van der Waals surface area (Å²) in [5.74, 6) is 0. The molecule has 1 saturated heterocycles. The minimum absolute atomic E-state index is 0.144. The first-order valence-corrected chi connectivity index (χ1v) is 10.1. The normalized spacial score (nSPS) is 21.2. The van der Waals surface area contributed by atoms with Crippen LogP contribution < -0.4 is 10.7 Å². The zero-order valence-corrected chi connectivity index (χ0v) is 16.4. The number of hydrogen-bond acceptors (Lipinski definition) is 4. The standard InChI is InChI=1S/C20H30N4OS/c1-16(22-23-20(26)21-18-10-6-3-7-11-18)19(17-8-4-2-5-9-17)24-12-14-25-15-13-24/h2,4-5,8-9,18-19H,3,6-7,10-15H2,1H3,(H2,21,23,26)/b22-16-/t19-/m0/s1. The molecule has 5 nitrogen and oxygen atoms in total. The van der Waals surface area contributed by atoms with Crippen LogP contribution in [0.3, 0.4) is 0 Å². The minimum atomic E-state index is 0.144. The van der Waals surface area contributed by atoms with E-state index in [1.54, 1.807) is 0 Å². The van der Waals surface area contributed by atoms with Crippen LogP contribution in [-0.2, 0) is 4.74 Å². The van der Waals surface area contributed by atoms with Crippen LogP contribution >= 0.6 is 12.2 Å². The Labute approximate surface area is 162 Å². The molecule has 6 heteroatoms. The third-order valence-corrected chi connectivity index (χ3v) is 5.41. The Hall–Kier alpha value is -1.50. The molecule has 0 amide bonds. The average molecular weight is 375 g/mol. The highest BCUT2D eigenvalue weighted by Gasteiger charge is 2.25. The van der Waals surface area contributed by atoms with Gasteiger partial charge in [-0.25, -0.2) is 0 Å². The molecule has 2 fully saturated rings. The van der Waals surface area contributed by atoms with Crippen LogP contribution in [0.1, 0.15) is 50.6 Å². The zero-order valence-electron chi connectivity index (χ0n) is 15.6. The van der Waals surface area contributed by atoms with Crippen LogP contribution in [0, 0.1) is 0 Å². The summed E-state index contributed by atoms with van der Waals surface area (Å²) in [5.41, 5.74) is 5.34. The number of morpholine rings is 1. The molecule has 1 atom stereocenters. The van der Waals surface area contributed by atoms with E-state index in [2.05, 4.69) is 51.9 Å². The Morgan fingerprint density at radius 1 is 1.15 bits per heavy atom. The van der Waals surface area contributed by atoms with Gasteiger partial charge in [-0.1, -0.05) is 49.6 Å². The second-order valence-corrected chi connectivity index (χ2v) is 7.54. The van der Waals surface area contributed by atoms with Gasteiger partial charge in [0.2, 0.25) is 0 Å². The van der Waals surface area contributed by atoms with Gasteiger partial charge in [-0.15, -0.1) is 0 Å². The van der Waals surface area contributed by atoms with Crippen LogP contribution in [0.15, 0.2) is 35.4 Å². The molecule has 3 rings (SSSR count). The molecule has 2 aliphatic rings. The Morgan fingerprint density at radius 2 is 1.85 bits per heavy atom. The highest BCUT2D eigenvalue weighted by molar-refractivity contribution is 7.80. The lowest BCUT2D eigenvalue weighted by Crippen LogP contribution is -2.43. The Morgan fingerprint density at radius 3 is 2.54 bits per heavy atom.